The summed E-state index contributed by atoms with van der Waals surface area (Å²) in [7, 11) is 0. The minimum Gasteiger partial charge on any atom is -0.395 e. The summed E-state index contributed by atoms with van der Waals surface area (Å²) in [5.74, 6) is 0. The second kappa shape index (κ2) is 5.77. The number of aliphatic hydroxyl groups is 2. The van der Waals surface area contributed by atoms with E-state index in [2.05, 4.69) is 38.2 Å². The van der Waals surface area contributed by atoms with Crippen LogP contribution in [0.15, 0.2) is 12.1 Å². The number of aliphatic hydroxyl groups excluding tert-OH is 2. The molecule has 92 valence electrons. The van der Waals surface area contributed by atoms with E-state index in [4.69, 9.17) is 10.2 Å². The van der Waals surface area contributed by atoms with Crippen LogP contribution in [0.3, 0.4) is 0 Å². The highest BCUT2D eigenvalue weighted by molar-refractivity contribution is 7.12. The maximum atomic E-state index is 8.92. The molecule has 0 unspecified atom stereocenters. The van der Waals surface area contributed by atoms with Crippen LogP contribution in [-0.2, 0) is 12.0 Å². The third-order valence-electron chi connectivity index (χ3n) is 2.41. The Morgan fingerprint density at radius 3 is 2.31 bits per heavy atom. The lowest BCUT2D eigenvalue weighted by Crippen LogP contribution is -2.34. The fraction of sp³-hybridized carbons (Fsp3) is 0.667. The van der Waals surface area contributed by atoms with Crippen LogP contribution in [0.4, 0.5) is 0 Å². The van der Waals surface area contributed by atoms with Gasteiger partial charge in [-0.3, -0.25) is 0 Å². The van der Waals surface area contributed by atoms with Gasteiger partial charge in [0.15, 0.2) is 0 Å². The van der Waals surface area contributed by atoms with E-state index < -0.39 is 0 Å². The summed E-state index contributed by atoms with van der Waals surface area (Å²) in [6, 6.07) is 4.03. The standard InChI is InChI=1S/C12H21NO2S/c1-12(2,3)11-5-4-10(16-11)6-13-9(7-14)8-15/h4-5,9,13-15H,6-8H2,1-3H3. The summed E-state index contributed by atoms with van der Waals surface area (Å²) < 4.78 is 0. The third kappa shape index (κ3) is 3.87. The average Bonchev–Trinajstić information content (AvgIpc) is 2.67. The predicted octanol–water partition coefficient (Wildman–Crippen LogP) is 1.49. The smallest absolute Gasteiger partial charge is 0.0607 e. The van der Waals surface area contributed by atoms with E-state index in [1.165, 1.54) is 9.75 Å². The van der Waals surface area contributed by atoms with Crippen LogP contribution in [0.25, 0.3) is 0 Å². The average molecular weight is 243 g/mol. The molecule has 3 N–H and O–H groups in total. The lowest BCUT2D eigenvalue weighted by Gasteiger charge is -2.15. The van der Waals surface area contributed by atoms with Crippen molar-refractivity contribution in [3.05, 3.63) is 21.9 Å². The molecule has 0 aliphatic carbocycles. The van der Waals surface area contributed by atoms with E-state index in [0.717, 1.165) is 0 Å². The first-order valence-electron chi connectivity index (χ1n) is 5.51. The van der Waals surface area contributed by atoms with Gasteiger partial charge in [0.25, 0.3) is 0 Å². The van der Waals surface area contributed by atoms with Crippen molar-refractivity contribution >= 4 is 11.3 Å². The Kier molecular flexibility index (Phi) is 4.92. The van der Waals surface area contributed by atoms with Crippen LogP contribution >= 0.6 is 11.3 Å². The zero-order chi connectivity index (χ0) is 12.2. The Balaban J connectivity index is 2.53. The van der Waals surface area contributed by atoms with Crippen LogP contribution in [0.2, 0.25) is 0 Å². The number of nitrogens with one attached hydrogen (secondary N) is 1. The molecule has 0 aromatic carbocycles. The number of hydrogen-bond acceptors (Lipinski definition) is 4. The fourth-order valence-corrected chi connectivity index (χ4v) is 2.32. The molecule has 0 saturated heterocycles. The van der Waals surface area contributed by atoms with Gasteiger partial charge in [-0.15, -0.1) is 11.3 Å². The van der Waals surface area contributed by atoms with Gasteiger partial charge in [0.2, 0.25) is 0 Å². The normalized spacial score (nSPS) is 12.4. The topological polar surface area (TPSA) is 52.5 Å². The van der Waals surface area contributed by atoms with Crippen molar-refractivity contribution in [1.29, 1.82) is 0 Å². The first kappa shape index (κ1) is 13.6. The molecule has 0 atom stereocenters. The van der Waals surface area contributed by atoms with Crippen molar-refractivity contribution in [3.63, 3.8) is 0 Å². The molecule has 1 heterocycles. The maximum Gasteiger partial charge on any atom is 0.0607 e. The Hall–Kier alpha value is -0.420. The summed E-state index contributed by atoms with van der Waals surface area (Å²) >= 11 is 1.78. The molecule has 16 heavy (non-hydrogen) atoms. The highest BCUT2D eigenvalue weighted by atomic mass is 32.1. The van der Waals surface area contributed by atoms with Gasteiger partial charge in [-0.25, -0.2) is 0 Å². The van der Waals surface area contributed by atoms with Crippen LogP contribution in [0.5, 0.6) is 0 Å². The van der Waals surface area contributed by atoms with Crippen LogP contribution in [0, 0.1) is 0 Å². The van der Waals surface area contributed by atoms with Gasteiger partial charge in [-0.1, -0.05) is 20.8 Å². The SMILES string of the molecule is CC(C)(C)c1ccc(CNC(CO)CO)s1. The Labute approximate surface area is 101 Å². The Morgan fingerprint density at radius 1 is 1.25 bits per heavy atom. The minimum absolute atomic E-state index is 0.0337. The van der Waals surface area contributed by atoms with E-state index in [0.29, 0.717) is 6.54 Å². The monoisotopic (exact) mass is 243 g/mol. The van der Waals surface area contributed by atoms with E-state index in [9.17, 15) is 0 Å². The van der Waals surface area contributed by atoms with Crippen molar-refractivity contribution < 1.29 is 10.2 Å². The second-order valence-electron chi connectivity index (χ2n) is 4.96. The van der Waals surface area contributed by atoms with Crippen LogP contribution in [0.1, 0.15) is 30.5 Å². The first-order valence-corrected chi connectivity index (χ1v) is 6.33. The molecule has 0 aliphatic rings. The van der Waals surface area contributed by atoms with E-state index in [-0.39, 0.29) is 24.7 Å². The molecular weight excluding hydrogens is 222 g/mol. The van der Waals surface area contributed by atoms with E-state index in [1.807, 2.05) is 0 Å². The van der Waals surface area contributed by atoms with Crippen LogP contribution < -0.4 is 5.32 Å². The quantitative estimate of drug-likeness (QED) is 0.734. The lowest BCUT2D eigenvalue weighted by atomic mass is 9.95. The molecule has 0 amide bonds. The molecule has 4 heteroatoms. The van der Waals surface area contributed by atoms with E-state index in [1.54, 1.807) is 11.3 Å². The minimum atomic E-state index is -0.222. The van der Waals surface area contributed by atoms with Crippen molar-refractivity contribution in [2.75, 3.05) is 13.2 Å². The number of rotatable bonds is 5. The molecule has 0 saturated carbocycles. The molecule has 0 bridgehead atoms. The summed E-state index contributed by atoms with van der Waals surface area (Å²) in [4.78, 5) is 2.59. The largest absolute Gasteiger partial charge is 0.395 e. The molecule has 0 aliphatic heterocycles. The van der Waals surface area contributed by atoms with Crippen LogP contribution in [-0.4, -0.2) is 29.5 Å². The zero-order valence-corrected chi connectivity index (χ0v) is 11.0. The van der Waals surface area contributed by atoms with Gasteiger partial charge in [0.1, 0.15) is 0 Å². The molecular formula is C12H21NO2S. The van der Waals surface area contributed by atoms with Gasteiger partial charge >= 0.3 is 0 Å². The predicted molar refractivity (Wildman–Crippen MR) is 67.8 cm³/mol. The lowest BCUT2D eigenvalue weighted by molar-refractivity contribution is 0.170. The Morgan fingerprint density at radius 2 is 1.88 bits per heavy atom. The number of hydrogen-bond donors (Lipinski definition) is 3. The van der Waals surface area contributed by atoms with Crippen molar-refractivity contribution in [3.8, 4) is 0 Å². The van der Waals surface area contributed by atoms with Gasteiger partial charge in [0, 0.05) is 16.3 Å². The van der Waals surface area contributed by atoms with E-state index >= 15 is 0 Å². The molecule has 1 rings (SSSR count). The van der Waals surface area contributed by atoms with Gasteiger partial charge in [-0.2, -0.15) is 0 Å². The summed E-state index contributed by atoms with van der Waals surface area (Å²) in [6.45, 7) is 7.22. The highest BCUT2D eigenvalue weighted by Gasteiger charge is 2.16. The summed E-state index contributed by atoms with van der Waals surface area (Å²) in [6.07, 6.45) is 0. The summed E-state index contributed by atoms with van der Waals surface area (Å²) in [5.41, 5.74) is 0.191. The van der Waals surface area contributed by atoms with Crippen molar-refractivity contribution in [2.45, 2.75) is 38.8 Å². The fourth-order valence-electron chi connectivity index (χ4n) is 1.31. The molecule has 1 aromatic rings. The van der Waals surface area contributed by atoms with Gasteiger partial charge < -0.3 is 15.5 Å². The first-order chi connectivity index (χ1) is 7.47. The van der Waals surface area contributed by atoms with Gasteiger partial charge in [-0.05, 0) is 17.5 Å². The molecule has 0 radical (unpaired) electrons. The molecule has 3 nitrogen and oxygen atoms in total. The van der Waals surface area contributed by atoms with Crippen molar-refractivity contribution in [1.82, 2.24) is 5.32 Å². The van der Waals surface area contributed by atoms with Gasteiger partial charge in [0.05, 0.1) is 19.3 Å². The Bertz CT molecular complexity index is 313. The second-order valence-corrected chi connectivity index (χ2v) is 6.13. The highest BCUT2D eigenvalue weighted by Crippen LogP contribution is 2.29. The zero-order valence-electron chi connectivity index (χ0n) is 10.2. The number of thiophene rings is 1. The summed E-state index contributed by atoms with van der Waals surface area (Å²) in [5, 5.41) is 20.9. The molecule has 0 spiro atoms. The van der Waals surface area contributed by atoms with Crippen molar-refractivity contribution in [2.24, 2.45) is 0 Å². The molecule has 0 fully saturated rings. The maximum absolute atomic E-state index is 8.92. The third-order valence-corrected chi connectivity index (χ3v) is 3.92. The molecule has 1 aromatic heterocycles.